The molecule has 8 nitrogen and oxygen atoms in total. The highest BCUT2D eigenvalue weighted by Crippen LogP contribution is 2.21. The molecule has 2 rings (SSSR count). The molecule has 1 amide bonds. The first-order valence-corrected chi connectivity index (χ1v) is 5.69. The number of nitriles is 1. The van der Waals surface area contributed by atoms with Gasteiger partial charge in [-0.05, 0) is 23.4 Å². The molecule has 0 atom stereocenters. The van der Waals surface area contributed by atoms with Crippen molar-refractivity contribution in [2.45, 2.75) is 0 Å². The molecular weight excluding hydrogens is 282 g/mol. The van der Waals surface area contributed by atoms with Crippen LogP contribution in [0.15, 0.2) is 24.4 Å². The monoisotopic (exact) mass is 289 g/mol. The molecule has 0 bridgehead atoms. The van der Waals surface area contributed by atoms with Crippen molar-refractivity contribution < 1.29 is 4.79 Å². The number of nitrogens with one attached hydrogen (secondary N) is 2. The van der Waals surface area contributed by atoms with E-state index >= 15 is 0 Å². The Hall–Kier alpha value is -2.92. The third-order valence-corrected chi connectivity index (χ3v) is 2.56. The Kier molecular flexibility index (Phi) is 3.93. The fourth-order valence-electron chi connectivity index (χ4n) is 1.42. The lowest BCUT2D eigenvalue weighted by Crippen LogP contribution is -2.13. The summed E-state index contributed by atoms with van der Waals surface area (Å²) < 4.78 is 0. The van der Waals surface area contributed by atoms with E-state index in [0.717, 1.165) is 0 Å². The van der Waals surface area contributed by atoms with E-state index < -0.39 is 5.91 Å². The molecular formula is C11H8ClN7O. The Bertz CT molecular complexity index is 702. The number of aromatic amines is 1. The molecule has 4 N–H and O–H groups in total. The first-order chi connectivity index (χ1) is 9.61. The normalized spacial score (nSPS) is 10.9. The minimum atomic E-state index is -0.638. The number of nitrogens with two attached hydrogens (primary N) is 1. The predicted octanol–water partition coefficient (Wildman–Crippen LogP) is 0.929. The molecule has 1 aromatic carbocycles. The number of hydrogen-bond acceptors (Lipinski definition) is 6. The number of halogens is 1. The highest BCUT2D eigenvalue weighted by Gasteiger charge is 2.10. The summed E-state index contributed by atoms with van der Waals surface area (Å²) in [5.74, 6) is -0.504. The molecule has 0 saturated heterocycles. The van der Waals surface area contributed by atoms with Gasteiger partial charge in [0.05, 0.1) is 11.3 Å². The van der Waals surface area contributed by atoms with Crippen molar-refractivity contribution in [1.29, 1.82) is 5.26 Å². The summed E-state index contributed by atoms with van der Waals surface area (Å²) >= 11 is 5.80. The number of amides is 1. The largest absolute Gasteiger partial charge is 0.366 e. The number of rotatable bonds is 4. The van der Waals surface area contributed by atoms with E-state index in [2.05, 4.69) is 25.9 Å². The third kappa shape index (κ3) is 2.90. The number of carbonyl (C=O) groups excluding carboxylic acids is 1. The second-order valence-electron chi connectivity index (χ2n) is 3.60. The number of anilines is 1. The zero-order valence-electron chi connectivity index (χ0n) is 9.96. The highest BCUT2D eigenvalue weighted by atomic mass is 35.5. The summed E-state index contributed by atoms with van der Waals surface area (Å²) in [6, 6.07) is 6.50. The SMILES string of the molecule is N#CC(=CNc1ccc(Cl)cc1C(N)=O)c1nn[nH]n1. The van der Waals surface area contributed by atoms with Crippen LogP contribution < -0.4 is 11.1 Å². The van der Waals surface area contributed by atoms with Gasteiger partial charge in [-0.25, -0.2) is 0 Å². The molecule has 0 radical (unpaired) electrons. The molecule has 100 valence electrons. The minimum Gasteiger partial charge on any atom is -0.366 e. The van der Waals surface area contributed by atoms with Crippen molar-refractivity contribution >= 4 is 28.8 Å². The van der Waals surface area contributed by atoms with E-state index in [1.165, 1.54) is 12.3 Å². The molecule has 9 heteroatoms. The van der Waals surface area contributed by atoms with Gasteiger partial charge in [0.15, 0.2) is 0 Å². The van der Waals surface area contributed by atoms with Crippen LogP contribution in [0.1, 0.15) is 16.2 Å². The molecule has 0 aliphatic heterocycles. The summed E-state index contributed by atoms with van der Waals surface area (Å²) in [6.07, 6.45) is 1.35. The molecule has 1 heterocycles. The molecule has 0 saturated carbocycles. The molecule has 0 aliphatic rings. The van der Waals surface area contributed by atoms with Gasteiger partial charge < -0.3 is 11.1 Å². The summed E-state index contributed by atoms with van der Waals surface area (Å²) in [7, 11) is 0. The van der Waals surface area contributed by atoms with Crippen molar-refractivity contribution in [1.82, 2.24) is 20.6 Å². The quantitative estimate of drug-likeness (QED) is 0.717. The van der Waals surface area contributed by atoms with E-state index in [1.54, 1.807) is 12.1 Å². The van der Waals surface area contributed by atoms with Crippen molar-refractivity contribution in [3.63, 3.8) is 0 Å². The summed E-state index contributed by atoms with van der Waals surface area (Å²) in [4.78, 5) is 11.3. The van der Waals surface area contributed by atoms with Gasteiger partial charge in [0, 0.05) is 11.2 Å². The highest BCUT2D eigenvalue weighted by molar-refractivity contribution is 6.31. The maximum absolute atomic E-state index is 11.3. The fraction of sp³-hybridized carbons (Fsp3) is 0. The molecule has 2 aromatic rings. The van der Waals surface area contributed by atoms with Crippen LogP contribution in [0.3, 0.4) is 0 Å². The maximum atomic E-state index is 11.3. The van der Waals surface area contributed by atoms with Crippen LogP contribution in [0.25, 0.3) is 5.57 Å². The summed E-state index contributed by atoms with van der Waals surface area (Å²) in [5, 5.41) is 25.1. The van der Waals surface area contributed by atoms with Crippen LogP contribution >= 0.6 is 11.6 Å². The van der Waals surface area contributed by atoms with Gasteiger partial charge >= 0.3 is 0 Å². The van der Waals surface area contributed by atoms with Gasteiger partial charge in [-0.1, -0.05) is 11.6 Å². The minimum absolute atomic E-state index is 0.134. The number of nitrogens with zero attached hydrogens (tertiary/aromatic N) is 4. The Balaban J connectivity index is 2.31. The first kappa shape index (κ1) is 13.5. The van der Waals surface area contributed by atoms with Crippen molar-refractivity contribution in [2.75, 3.05) is 5.32 Å². The molecule has 0 aliphatic carbocycles. The third-order valence-electron chi connectivity index (χ3n) is 2.33. The van der Waals surface area contributed by atoms with Gasteiger partial charge in [0.25, 0.3) is 5.91 Å². The lowest BCUT2D eigenvalue weighted by molar-refractivity contribution is 0.100. The van der Waals surface area contributed by atoms with Gasteiger partial charge in [-0.3, -0.25) is 4.79 Å². The topological polar surface area (TPSA) is 133 Å². The Morgan fingerprint density at radius 1 is 1.55 bits per heavy atom. The van der Waals surface area contributed by atoms with Crippen LogP contribution in [0, 0.1) is 11.3 Å². The van der Waals surface area contributed by atoms with E-state index in [1.807, 2.05) is 6.07 Å². The Morgan fingerprint density at radius 2 is 2.35 bits per heavy atom. The van der Waals surface area contributed by atoms with Gasteiger partial charge in [0.1, 0.15) is 11.6 Å². The number of aromatic nitrogens is 4. The Morgan fingerprint density at radius 3 is 2.95 bits per heavy atom. The van der Waals surface area contributed by atoms with Gasteiger partial charge in [-0.2, -0.15) is 10.5 Å². The number of carbonyl (C=O) groups is 1. The number of benzene rings is 1. The van der Waals surface area contributed by atoms with Crippen LogP contribution in [-0.4, -0.2) is 26.5 Å². The van der Waals surface area contributed by atoms with Crippen molar-refractivity contribution in [3.05, 3.63) is 40.8 Å². The smallest absolute Gasteiger partial charge is 0.250 e. The fourth-order valence-corrected chi connectivity index (χ4v) is 1.59. The molecule has 1 aromatic heterocycles. The van der Waals surface area contributed by atoms with E-state index in [-0.39, 0.29) is 17.0 Å². The van der Waals surface area contributed by atoms with Crippen LogP contribution in [0.5, 0.6) is 0 Å². The number of hydrogen-bond donors (Lipinski definition) is 3. The second kappa shape index (κ2) is 5.81. The standard InChI is InChI=1S/C11H8ClN7O/c12-7-1-2-9(8(3-7)10(14)20)15-5-6(4-13)11-16-18-19-17-11/h1-3,5,15H,(H2,14,20)(H,16,17,18,19). The lowest BCUT2D eigenvalue weighted by atomic mass is 10.1. The Labute approximate surface area is 118 Å². The average Bonchev–Trinajstić information content (AvgIpc) is 2.94. The summed E-state index contributed by atoms with van der Waals surface area (Å²) in [6.45, 7) is 0. The lowest BCUT2D eigenvalue weighted by Gasteiger charge is -2.07. The van der Waals surface area contributed by atoms with E-state index in [9.17, 15) is 4.79 Å². The van der Waals surface area contributed by atoms with Gasteiger partial charge in [-0.15, -0.1) is 10.2 Å². The van der Waals surface area contributed by atoms with Gasteiger partial charge in [0.2, 0.25) is 5.82 Å². The average molecular weight is 290 g/mol. The van der Waals surface area contributed by atoms with Crippen LogP contribution in [-0.2, 0) is 0 Å². The number of allylic oxidation sites excluding steroid dienone is 1. The van der Waals surface area contributed by atoms with Crippen molar-refractivity contribution in [3.8, 4) is 6.07 Å². The zero-order valence-corrected chi connectivity index (χ0v) is 10.7. The summed E-state index contributed by atoms with van der Waals surface area (Å²) in [5.41, 5.74) is 6.02. The second-order valence-corrected chi connectivity index (χ2v) is 4.04. The molecule has 0 spiro atoms. The molecule has 0 unspecified atom stereocenters. The number of primary amides is 1. The first-order valence-electron chi connectivity index (χ1n) is 5.32. The van der Waals surface area contributed by atoms with E-state index in [0.29, 0.717) is 10.7 Å². The van der Waals surface area contributed by atoms with E-state index in [4.69, 9.17) is 22.6 Å². The number of tetrazole rings is 1. The zero-order chi connectivity index (χ0) is 14.5. The maximum Gasteiger partial charge on any atom is 0.250 e. The van der Waals surface area contributed by atoms with Crippen LogP contribution in [0.2, 0.25) is 5.02 Å². The molecule has 0 fully saturated rings. The van der Waals surface area contributed by atoms with Crippen LogP contribution in [0.4, 0.5) is 5.69 Å². The predicted molar refractivity (Wildman–Crippen MR) is 71.4 cm³/mol. The number of H-pyrrole nitrogens is 1. The van der Waals surface area contributed by atoms with Crippen molar-refractivity contribution in [2.24, 2.45) is 5.73 Å². The molecule has 20 heavy (non-hydrogen) atoms.